The lowest BCUT2D eigenvalue weighted by Gasteiger charge is -2.17. The molecule has 8 nitrogen and oxygen atoms in total. The molecule has 0 aliphatic rings. The van der Waals surface area contributed by atoms with Crippen molar-refractivity contribution in [2.24, 2.45) is 13.0 Å². The van der Waals surface area contributed by atoms with Crippen molar-refractivity contribution in [2.75, 3.05) is 0 Å². The number of rotatable bonds is 5. The number of H-pyrrole nitrogens is 1. The van der Waals surface area contributed by atoms with Crippen LogP contribution in [0.15, 0.2) is 6.07 Å². The number of carbonyl (C=O) groups excluding carboxylic acids is 1. The van der Waals surface area contributed by atoms with Crippen LogP contribution in [0.25, 0.3) is 11.3 Å². The number of aryl methyl sites for hydroxylation is 2. The Labute approximate surface area is 133 Å². The Bertz CT molecular complexity index is 744. The average molecular weight is 319 g/mol. The third-order valence-corrected chi connectivity index (χ3v) is 3.81. The van der Waals surface area contributed by atoms with Gasteiger partial charge in [0, 0.05) is 18.3 Å². The SMILES string of the molecule is Cc1nn(C)c(C)c1-c1cc(C(=O)N[C@@H](C(=O)O)C(C)C)[nH]n1. The van der Waals surface area contributed by atoms with Crippen LogP contribution in [0.4, 0.5) is 0 Å². The fourth-order valence-corrected chi connectivity index (χ4v) is 2.44. The van der Waals surface area contributed by atoms with E-state index in [1.54, 1.807) is 24.6 Å². The number of aromatic nitrogens is 4. The summed E-state index contributed by atoms with van der Waals surface area (Å²) < 4.78 is 1.75. The molecule has 2 aromatic rings. The van der Waals surface area contributed by atoms with E-state index < -0.39 is 17.9 Å². The van der Waals surface area contributed by atoms with Crippen molar-refractivity contribution in [3.63, 3.8) is 0 Å². The Balaban J connectivity index is 2.25. The summed E-state index contributed by atoms with van der Waals surface area (Å²) >= 11 is 0. The number of carboxylic acids is 1. The molecule has 0 aliphatic carbocycles. The number of nitrogens with one attached hydrogen (secondary N) is 2. The van der Waals surface area contributed by atoms with Gasteiger partial charge in [-0.3, -0.25) is 14.6 Å². The molecule has 0 bridgehead atoms. The minimum absolute atomic E-state index is 0.217. The van der Waals surface area contributed by atoms with Crippen LogP contribution in [-0.2, 0) is 11.8 Å². The maximum absolute atomic E-state index is 12.2. The lowest BCUT2D eigenvalue weighted by atomic mass is 10.0. The van der Waals surface area contributed by atoms with Crippen LogP contribution in [0.2, 0.25) is 0 Å². The zero-order valence-electron chi connectivity index (χ0n) is 13.8. The number of nitrogens with zero attached hydrogens (tertiary/aromatic N) is 3. The Kier molecular flexibility index (Phi) is 4.53. The summed E-state index contributed by atoms with van der Waals surface area (Å²) in [4.78, 5) is 23.4. The number of amides is 1. The molecule has 1 atom stereocenters. The van der Waals surface area contributed by atoms with E-state index in [0.29, 0.717) is 5.69 Å². The van der Waals surface area contributed by atoms with Crippen LogP contribution in [0.1, 0.15) is 35.7 Å². The van der Waals surface area contributed by atoms with Crippen LogP contribution in [0, 0.1) is 19.8 Å². The molecule has 0 unspecified atom stereocenters. The first-order chi connectivity index (χ1) is 10.7. The van der Waals surface area contributed by atoms with E-state index in [-0.39, 0.29) is 11.6 Å². The molecular weight excluding hydrogens is 298 g/mol. The molecule has 8 heteroatoms. The van der Waals surface area contributed by atoms with Gasteiger partial charge in [-0.05, 0) is 25.8 Å². The van der Waals surface area contributed by atoms with Gasteiger partial charge < -0.3 is 10.4 Å². The summed E-state index contributed by atoms with van der Waals surface area (Å²) in [5, 5.41) is 22.8. The second-order valence-corrected chi connectivity index (χ2v) is 5.87. The van der Waals surface area contributed by atoms with Crippen molar-refractivity contribution in [1.29, 1.82) is 0 Å². The normalized spacial score (nSPS) is 12.4. The van der Waals surface area contributed by atoms with Crippen molar-refractivity contribution in [3.05, 3.63) is 23.1 Å². The van der Waals surface area contributed by atoms with Crippen LogP contribution in [-0.4, -0.2) is 43.0 Å². The second kappa shape index (κ2) is 6.23. The van der Waals surface area contributed by atoms with Gasteiger partial charge in [0.05, 0.1) is 11.4 Å². The molecule has 1 amide bonds. The molecule has 0 saturated heterocycles. The first-order valence-electron chi connectivity index (χ1n) is 7.32. The smallest absolute Gasteiger partial charge is 0.326 e. The number of aliphatic carboxylic acids is 1. The topological polar surface area (TPSA) is 113 Å². The van der Waals surface area contributed by atoms with Gasteiger partial charge in [-0.1, -0.05) is 13.8 Å². The van der Waals surface area contributed by atoms with Gasteiger partial charge >= 0.3 is 5.97 Å². The lowest BCUT2D eigenvalue weighted by molar-refractivity contribution is -0.140. The summed E-state index contributed by atoms with van der Waals surface area (Å²) in [7, 11) is 1.84. The third-order valence-electron chi connectivity index (χ3n) is 3.81. The third kappa shape index (κ3) is 3.25. The molecule has 0 saturated carbocycles. The largest absolute Gasteiger partial charge is 0.480 e. The van der Waals surface area contributed by atoms with Crippen LogP contribution < -0.4 is 5.32 Å². The quantitative estimate of drug-likeness (QED) is 0.768. The molecule has 0 fully saturated rings. The molecule has 2 heterocycles. The van der Waals surface area contributed by atoms with E-state index in [4.69, 9.17) is 5.11 Å². The first kappa shape index (κ1) is 16.7. The van der Waals surface area contributed by atoms with Gasteiger partial charge in [0.15, 0.2) is 0 Å². The highest BCUT2D eigenvalue weighted by Gasteiger charge is 2.25. The van der Waals surface area contributed by atoms with Crippen LogP contribution in [0.3, 0.4) is 0 Å². The Morgan fingerprint density at radius 2 is 2.00 bits per heavy atom. The number of carbonyl (C=O) groups is 2. The molecule has 0 aliphatic heterocycles. The molecule has 2 aromatic heterocycles. The summed E-state index contributed by atoms with van der Waals surface area (Å²) in [6, 6.07) is 0.655. The molecule has 23 heavy (non-hydrogen) atoms. The highest BCUT2D eigenvalue weighted by atomic mass is 16.4. The van der Waals surface area contributed by atoms with Gasteiger partial charge in [-0.15, -0.1) is 0 Å². The molecule has 0 spiro atoms. The average Bonchev–Trinajstić information content (AvgIpc) is 3.01. The number of carboxylic acid groups (broad SMARTS) is 1. The second-order valence-electron chi connectivity index (χ2n) is 5.87. The maximum atomic E-state index is 12.2. The molecule has 3 N–H and O–H groups in total. The van der Waals surface area contributed by atoms with Gasteiger partial charge in [-0.25, -0.2) is 4.79 Å². The number of hydrogen-bond donors (Lipinski definition) is 3. The van der Waals surface area contributed by atoms with Gasteiger partial charge in [0.25, 0.3) is 5.91 Å². The minimum atomic E-state index is -1.06. The predicted octanol–water partition coefficient (Wildman–Crippen LogP) is 1.27. The van der Waals surface area contributed by atoms with E-state index in [1.165, 1.54) is 0 Å². The molecule has 0 aromatic carbocycles. The fourth-order valence-electron chi connectivity index (χ4n) is 2.44. The zero-order chi connectivity index (χ0) is 17.3. The van der Waals surface area contributed by atoms with E-state index in [1.807, 2.05) is 20.9 Å². The van der Waals surface area contributed by atoms with Gasteiger partial charge in [0.2, 0.25) is 0 Å². The predicted molar refractivity (Wildman–Crippen MR) is 84.0 cm³/mol. The molecular formula is C15H21N5O3. The maximum Gasteiger partial charge on any atom is 0.326 e. The Morgan fingerprint density at radius 3 is 2.48 bits per heavy atom. The Morgan fingerprint density at radius 1 is 1.35 bits per heavy atom. The summed E-state index contributed by atoms with van der Waals surface area (Å²) in [6.45, 7) is 7.26. The van der Waals surface area contributed by atoms with E-state index in [0.717, 1.165) is 17.0 Å². The first-order valence-corrected chi connectivity index (χ1v) is 7.32. The van der Waals surface area contributed by atoms with Gasteiger partial charge in [-0.2, -0.15) is 10.2 Å². The molecule has 2 rings (SSSR count). The minimum Gasteiger partial charge on any atom is -0.480 e. The van der Waals surface area contributed by atoms with Crippen molar-refractivity contribution in [3.8, 4) is 11.3 Å². The number of aromatic amines is 1. The van der Waals surface area contributed by atoms with Crippen molar-refractivity contribution in [2.45, 2.75) is 33.7 Å². The van der Waals surface area contributed by atoms with E-state index >= 15 is 0 Å². The molecule has 0 radical (unpaired) electrons. The van der Waals surface area contributed by atoms with Crippen LogP contribution in [0.5, 0.6) is 0 Å². The summed E-state index contributed by atoms with van der Waals surface area (Å²) in [5.74, 6) is -1.78. The monoisotopic (exact) mass is 319 g/mol. The summed E-state index contributed by atoms with van der Waals surface area (Å²) in [6.07, 6.45) is 0. The zero-order valence-corrected chi connectivity index (χ0v) is 13.8. The number of hydrogen-bond acceptors (Lipinski definition) is 4. The van der Waals surface area contributed by atoms with Gasteiger partial charge in [0.1, 0.15) is 11.7 Å². The van der Waals surface area contributed by atoms with E-state index in [2.05, 4.69) is 20.6 Å². The Hall–Kier alpha value is -2.64. The highest BCUT2D eigenvalue weighted by Crippen LogP contribution is 2.25. The highest BCUT2D eigenvalue weighted by molar-refractivity contribution is 5.96. The molecule has 124 valence electrons. The fraction of sp³-hybridized carbons (Fsp3) is 0.467. The standard InChI is InChI=1S/C15H21N5O3/c1-7(2)13(15(22)23)16-14(21)11-6-10(17-18-11)12-8(3)19-20(5)9(12)4/h6-7,13H,1-5H3,(H,16,21)(H,17,18)(H,22,23)/t13-/m1/s1. The lowest BCUT2D eigenvalue weighted by Crippen LogP contribution is -2.44. The van der Waals surface area contributed by atoms with E-state index in [9.17, 15) is 9.59 Å². The van der Waals surface area contributed by atoms with Crippen LogP contribution >= 0.6 is 0 Å². The van der Waals surface area contributed by atoms with Crippen molar-refractivity contribution >= 4 is 11.9 Å². The van der Waals surface area contributed by atoms with Crippen molar-refractivity contribution in [1.82, 2.24) is 25.3 Å². The summed E-state index contributed by atoms with van der Waals surface area (Å²) in [5.41, 5.74) is 3.44. The van der Waals surface area contributed by atoms with Crippen molar-refractivity contribution < 1.29 is 14.7 Å².